The van der Waals surface area contributed by atoms with Gasteiger partial charge in [-0.25, -0.2) is 13.1 Å². The summed E-state index contributed by atoms with van der Waals surface area (Å²) in [4.78, 5) is 1.68. The number of aliphatic hydroxyl groups is 1. The van der Waals surface area contributed by atoms with Gasteiger partial charge >= 0.3 is 0 Å². The second-order valence-corrected chi connectivity index (χ2v) is 7.84. The molecule has 8 heteroatoms. The molecule has 1 unspecified atom stereocenters. The first-order valence-electron chi connectivity index (χ1n) is 6.37. The van der Waals surface area contributed by atoms with Gasteiger partial charge in [0.2, 0.25) is 10.0 Å². The predicted octanol–water partition coefficient (Wildman–Crippen LogP) is 0.822. The third kappa shape index (κ3) is 5.12. The Hall–Kier alpha value is -0.860. The van der Waals surface area contributed by atoms with Crippen LogP contribution in [0, 0.1) is 6.92 Å². The van der Waals surface area contributed by atoms with Crippen molar-refractivity contribution in [2.45, 2.75) is 24.3 Å². The molecular weight excluding hydrogens is 314 g/mol. The Bertz CT molecular complexity index is 615. The molecule has 6 nitrogen and oxygen atoms in total. The molecule has 4 N–H and O–H groups in total. The topological polar surface area (TPSA) is 95.7 Å². The molecule has 0 heterocycles. The monoisotopic (exact) mass is 335 g/mol. The summed E-state index contributed by atoms with van der Waals surface area (Å²) in [5.74, 6) is 0. The second-order valence-electron chi connectivity index (χ2n) is 5.70. The van der Waals surface area contributed by atoms with Crippen LogP contribution in [-0.4, -0.2) is 51.2 Å². The van der Waals surface area contributed by atoms with Crippen LogP contribution in [-0.2, 0) is 10.0 Å². The summed E-state index contributed by atoms with van der Waals surface area (Å²) in [7, 11) is -0.255. The van der Waals surface area contributed by atoms with Gasteiger partial charge in [-0.15, -0.1) is 0 Å². The predicted molar refractivity (Wildman–Crippen MR) is 85.0 cm³/mol. The van der Waals surface area contributed by atoms with E-state index in [9.17, 15) is 13.5 Å². The van der Waals surface area contributed by atoms with E-state index < -0.39 is 15.6 Å². The number of anilines is 1. The number of hydrogen-bond donors (Lipinski definition) is 3. The summed E-state index contributed by atoms with van der Waals surface area (Å²) in [6.07, 6.45) is 0. The molecule has 0 aliphatic carbocycles. The minimum absolute atomic E-state index is 0.0899. The van der Waals surface area contributed by atoms with Crippen molar-refractivity contribution in [1.29, 1.82) is 0 Å². The van der Waals surface area contributed by atoms with Gasteiger partial charge in [0.25, 0.3) is 0 Å². The van der Waals surface area contributed by atoms with E-state index in [2.05, 4.69) is 4.72 Å². The Labute approximate surface area is 130 Å². The lowest BCUT2D eigenvalue weighted by Gasteiger charge is -2.27. The van der Waals surface area contributed by atoms with E-state index >= 15 is 0 Å². The Morgan fingerprint density at radius 3 is 2.52 bits per heavy atom. The Morgan fingerprint density at radius 2 is 2.00 bits per heavy atom. The number of nitrogen functional groups attached to an aromatic ring is 1. The van der Waals surface area contributed by atoms with E-state index in [0.717, 1.165) is 0 Å². The van der Waals surface area contributed by atoms with Crippen molar-refractivity contribution in [3.8, 4) is 0 Å². The van der Waals surface area contributed by atoms with Gasteiger partial charge in [-0.1, -0.05) is 11.6 Å². The lowest BCUT2D eigenvalue weighted by molar-refractivity contribution is 0.0386. The van der Waals surface area contributed by atoms with Crippen LogP contribution in [0.2, 0.25) is 5.02 Å². The van der Waals surface area contributed by atoms with Crippen LogP contribution < -0.4 is 10.5 Å². The maximum absolute atomic E-state index is 12.3. The van der Waals surface area contributed by atoms with Crippen LogP contribution in [0.4, 0.5) is 5.69 Å². The Balaban J connectivity index is 2.95. The van der Waals surface area contributed by atoms with Crippen LogP contribution in [0.25, 0.3) is 0 Å². The van der Waals surface area contributed by atoms with Gasteiger partial charge in [0.05, 0.1) is 10.6 Å². The zero-order chi connectivity index (χ0) is 16.4. The lowest BCUT2D eigenvalue weighted by atomic mass is 10.1. The molecule has 1 aromatic rings. The highest BCUT2D eigenvalue weighted by Gasteiger charge is 2.26. The van der Waals surface area contributed by atoms with Gasteiger partial charge in [-0.2, -0.15) is 0 Å². The van der Waals surface area contributed by atoms with Gasteiger partial charge in [0.15, 0.2) is 0 Å². The van der Waals surface area contributed by atoms with Crippen LogP contribution in [0.5, 0.6) is 0 Å². The minimum Gasteiger partial charge on any atom is -0.398 e. The maximum atomic E-state index is 12.3. The molecule has 0 fully saturated rings. The zero-order valence-electron chi connectivity index (χ0n) is 12.6. The Morgan fingerprint density at radius 1 is 1.43 bits per heavy atom. The van der Waals surface area contributed by atoms with Gasteiger partial charge < -0.3 is 15.7 Å². The number of nitrogens with one attached hydrogen (secondary N) is 1. The smallest absolute Gasteiger partial charge is 0.242 e. The summed E-state index contributed by atoms with van der Waals surface area (Å²) in [6, 6.07) is 2.82. The zero-order valence-corrected chi connectivity index (χ0v) is 14.2. The normalized spacial score (nSPS) is 15.2. The fourth-order valence-electron chi connectivity index (χ4n) is 1.94. The fraction of sp³-hybridized carbons (Fsp3) is 0.538. The summed E-state index contributed by atoms with van der Waals surface area (Å²) in [5.41, 5.74) is 5.59. The van der Waals surface area contributed by atoms with E-state index in [1.165, 1.54) is 12.1 Å². The number of rotatable bonds is 6. The minimum atomic E-state index is -3.84. The molecule has 120 valence electrons. The molecule has 0 aliphatic heterocycles. The van der Waals surface area contributed by atoms with Crippen LogP contribution >= 0.6 is 11.6 Å². The van der Waals surface area contributed by atoms with Crippen LogP contribution in [0.3, 0.4) is 0 Å². The molecule has 1 atom stereocenters. The van der Waals surface area contributed by atoms with Gasteiger partial charge in [-0.3, -0.25) is 0 Å². The van der Waals surface area contributed by atoms with E-state index in [1.807, 2.05) is 0 Å². The van der Waals surface area contributed by atoms with E-state index in [1.54, 1.807) is 32.8 Å². The number of nitrogens with two attached hydrogens (primary N) is 1. The van der Waals surface area contributed by atoms with Crippen molar-refractivity contribution < 1.29 is 13.5 Å². The summed E-state index contributed by atoms with van der Waals surface area (Å²) in [6.45, 7) is 3.49. The van der Waals surface area contributed by atoms with Crippen molar-refractivity contribution in [2.24, 2.45) is 0 Å². The fourth-order valence-corrected chi connectivity index (χ4v) is 3.72. The average molecular weight is 336 g/mol. The summed E-state index contributed by atoms with van der Waals surface area (Å²) in [5, 5.41) is 10.2. The van der Waals surface area contributed by atoms with E-state index in [-0.39, 0.29) is 16.5 Å². The summed E-state index contributed by atoms with van der Waals surface area (Å²) >= 11 is 5.97. The number of aryl methyl sites for hydroxylation is 1. The number of sulfonamides is 1. The highest BCUT2D eigenvalue weighted by molar-refractivity contribution is 7.89. The highest BCUT2D eigenvalue weighted by atomic mass is 35.5. The first kappa shape index (κ1) is 18.2. The van der Waals surface area contributed by atoms with Crippen molar-refractivity contribution in [3.05, 3.63) is 22.7 Å². The molecule has 0 aromatic heterocycles. The number of nitrogens with zero attached hydrogens (tertiary/aromatic N) is 1. The highest BCUT2D eigenvalue weighted by Crippen LogP contribution is 2.26. The van der Waals surface area contributed by atoms with Crippen LogP contribution in [0.15, 0.2) is 17.0 Å². The number of halogens is 1. The van der Waals surface area contributed by atoms with Crippen molar-refractivity contribution >= 4 is 27.3 Å². The molecule has 1 aromatic carbocycles. The van der Waals surface area contributed by atoms with Gasteiger partial charge in [0.1, 0.15) is 4.90 Å². The standard InChI is InChI=1S/C13H22ClN3O3S/c1-9-5-10(14)12(6-11(9)15)21(19,20)16-7-13(2,18)8-17(3)4/h5-6,16,18H,7-8,15H2,1-4H3. The van der Waals surface area contributed by atoms with Gasteiger partial charge in [-0.05, 0) is 45.6 Å². The Kier molecular flexibility index (Phi) is 5.63. The number of hydrogen-bond acceptors (Lipinski definition) is 5. The van der Waals surface area contributed by atoms with E-state index in [0.29, 0.717) is 17.8 Å². The third-order valence-electron chi connectivity index (χ3n) is 2.91. The summed E-state index contributed by atoms with van der Waals surface area (Å²) < 4.78 is 26.9. The molecule has 0 spiro atoms. The first-order chi connectivity index (χ1) is 9.44. The molecular formula is C13H22ClN3O3S. The maximum Gasteiger partial charge on any atom is 0.242 e. The van der Waals surface area contributed by atoms with Crippen LogP contribution in [0.1, 0.15) is 12.5 Å². The lowest BCUT2D eigenvalue weighted by Crippen LogP contribution is -2.47. The first-order valence-corrected chi connectivity index (χ1v) is 8.23. The molecule has 0 radical (unpaired) electrons. The molecule has 0 saturated heterocycles. The second kappa shape index (κ2) is 6.50. The van der Waals surface area contributed by atoms with Crippen molar-refractivity contribution in [3.63, 3.8) is 0 Å². The number of benzene rings is 1. The largest absolute Gasteiger partial charge is 0.398 e. The third-order valence-corrected chi connectivity index (χ3v) is 4.78. The van der Waals surface area contributed by atoms with E-state index in [4.69, 9.17) is 17.3 Å². The molecule has 21 heavy (non-hydrogen) atoms. The van der Waals surface area contributed by atoms with Crippen molar-refractivity contribution in [2.75, 3.05) is 32.9 Å². The SMILES string of the molecule is Cc1cc(Cl)c(S(=O)(=O)NCC(C)(O)CN(C)C)cc1N. The molecule has 1 rings (SSSR count). The average Bonchev–Trinajstić information content (AvgIpc) is 2.30. The van der Waals surface area contributed by atoms with Gasteiger partial charge in [0, 0.05) is 18.8 Å². The number of likely N-dealkylation sites (N-methyl/N-ethyl adjacent to an activating group) is 1. The molecule has 0 aliphatic rings. The quantitative estimate of drug-likeness (QED) is 0.669. The molecule has 0 amide bonds. The molecule has 0 saturated carbocycles. The molecule has 0 bridgehead atoms. The van der Waals surface area contributed by atoms with Crippen molar-refractivity contribution in [1.82, 2.24) is 9.62 Å².